The van der Waals surface area contributed by atoms with Crippen LogP contribution in [-0.4, -0.2) is 35.5 Å². The van der Waals surface area contributed by atoms with Gasteiger partial charge in [-0.2, -0.15) is 0 Å². The molecule has 1 N–H and O–H groups in total. The number of allylic oxidation sites excluding steroid dienone is 1. The van der Waals surface area contributed by atoms with E-state index in [9.17, 15) is 14.7 Å². The highest BCUT2D eigenvalue weighted by Crippen LogP contribution is 2.31. The van der Waals surface area contributed by atoms with Crippen molar-refractivity contribution >= 4 is 11.9 Å². The normalized spacial score (nSPS) is 14.1. The number of hydrogen-bond donors (Lipinski definition) is 1. The number of carboxylic acid groups (broad SMARTS) is 1. The van der Waals surface area contributed by atoms with E-state index in [0.29, 0.717) is 6.54 Å². The SMILES string of the molecule is C=CCCCN(C)C(=O)CC(C)(C(=O)O)C(C)C. The molecule has 4 heteroatoms. The van der Waals surface area contributed by atoms with Gasteiger partial charge in [0.15, 0.2) is 0 Å². The Morgan fingerprint density at radius 1 is 1.44 bits per heavy atom. The summed E-state index contributed by atoms with van der Waals surface area (Å²) in [5, 5.41) is 9.26. The van der Waals surface area contributed by atoms with Gasteiger partial charge in [0.2, 0.25) is 5.91 Å². The number of unbranched alkanes of at least 4 members (excludes halogenated alkanes) is 1. The van der Waals surface area contributed by atoms with Crippen molar-refractivity contribution < 1.29 is 14.7 Å². The van der Waals surface area contributed by atoms with Gasteiger partial charge in [0, 0.05) is 20.0 Å². The molecule has 0 saturated heterocycles. The summed E-state index contributed by atoms with van der Waals surface area (Å²) in [6.07, 6.45) is 3.58. The highest BCUT2D eigenvalue weighted by Gasteiger charge is 2.39. The molecule has 0 aliphatic rings. The molecule has 0 aromatic heterocycles. The maximum absolute atomic E-state index is 12.0. The van der Waals surface area contributed by atoms with Gasteiger partial charge in [-0.05, 0) is 25.7 Å². The van der Waals surface area contributed by atoms with Crippen molar-refractivity contribution in [2.24, 2.45) is 11.3 Å². The van der Waals surface area contributed by atoms with Crippen molar-refractivity contribution in [2.45, 2.75) is 40.0 Å². The summed E-state index contributed by atoms with van der Waals surface area (Å²) >= 11 is 0. The van der Waals surface area contributed by atoms with E-state index in [1.54, 1.807) is 18.9 Å². The first-order chi connectivity index (χ1) is 8.25. The van der Waals surface area contributed by atoms with E-state index in [-0.39, 0.29) is 18.2 Å². The van der Waals surface area contributed by atoms with E-state index in [4.69, 9.17) is 0 Å². The molecule has 4 nitrogen and oxygen atoms in total. The second-order valence-corrected chi connectivity index (χ2v) is 5.30. The molecule has 0 spiro atoms. The first kappa shape index (κ1) is 16.7. The minimum atomic E-state index is -0.996. The van der Waals surface area contributed by atoms with Gasteiger partial charge in [-0.15, -0.1) is 6.58 Å². The van der Waals surface area contributed by atoms with Crippen LogP contribution in [0.4, 0.5) is 0 Å². The number of carbonyl (C=O) groups is 2. The fraction of sp³-hybridized carbons (Fsp3) is 0.714. The van der Waals surface area contributed by atoms with Crippen molar-refractivity contribution in [3.8, 4) is 0 Å². The van der Waals surface area contributed by atoms with Crippen LogP contribution in [0.25, 0.3) is 0 Å². The topological polar surface area (TPSA) is 57.6 Å². The second-order valence-electron chi connectivity index (χ2n) is 5.30. The van der Waals surface area contributed by atoms with Gasteiger partial charge in [-0.1, -0.05) is 19.9 Å². The predicted molar refractivity (Wildman–Crippen MR) is 72.3 cm³/mol. The smallest absolute Gasteiger partial charge is 0.310 e. The Bertz CT molecular complexity index is 312. The summed E-state index contributed by atoms with van der Waals surface area (Å²) in [5.74, 6) is -1.11. The van der Waals surface area contributed by atoms with Gasteiger partial charge in [-0.25, -0.2) is 0 Å². The summed E-state index contributed by atoms with van der Waals surface area (Å²) in [7, 11) is 1.72. The van der Waals surface area contributed by atoms with E-state index < -0.39 is 11.4 Å². The number of aliphatic carboxylic acids is 1. The molecule has 0 aliphatic carbocycles. The summed E-state index contributed by atoms with van der Waals surface area (Å²) < 4.78 is 0. The molecule has 0 rings (SSSR count). The number of carboxylic acids is 1. The van der Waals surface area contributed by atoms with E-state index in [1.807, 2.05) is 19.9 Å². The first-order valence-electron chi connectivity index (χ1n) is 6.34. The zero-order valence-corrected chi connectivity index (χ0v) is 11.9. The summed E-state index contributed by atoms with van der Waals surface area (Å²) in [5.41, 5.74) is -0.996. The van der Waals surface area contributed by atoms with Crippen molar-refractivity contribution in [1.82, 2.24) is 4.90 Å². The number of carbonyl (C=O) groups excluding carboxylic acids is 1. The molecule has 0 heterocycles. The molecule has 1 atom stereocenters. The highest BCUT2D eigenvalue weighted by molar-refractivity contribution is 5.84. The zero-order valence-electron chi connectivity index (χ0n) is 11.9. The van der Waals surface area contributed by atoms with Crippen molar-refractivity contribution in [3.05, 3.63) is 12.7 Å². The van der Waals surface area contributed by atoms with Gasteiger partial charge in [0.25, 0.3) is 0 Å². The lowest BCUT2D eigenvalue weighted by molar-refractivity contribution is -0.155. The van der Waals surface area contributed by atoms with Crippen LogP contribution < -0.4 is 0 Å². The van der Waals surface area contributed by atoms with Crippen LogP contribution in [0.5, 0.6) is 0 Å². The highest BCUT2D eigenvalue weighted by atomic mass is 16.4. The van der Waals surface area contributed by atoms with E-state index in [0.717, 1.165) is 12.8 Å². The van der Waals surface area contributed by atoms with E-state index in [1.165, 1.54) is 0 Å². The average molecular weight is 255 g/mol. The zero-order chi connectivity index (χ0) is 14.3. The fourth-order valence-electron chi connectivity index (χ4n) is 1.57. The quantitative estimate of drug-likeness (QED) is 0.535. The number of rotatable bonds is 8. The monoisotopic (exact) mass is 255 g/mol. The molecule has 1 unspecified atom stereocenters. The lowest BCUT2D eigenvalue weighted by Gasteiger charge is -2.30. The van der Waals surface area contributed by atoms with Crippen LogP contribution in [0, 0.1) is 11.3 Å². The van der Waals surface area contributed by atoms with Gasteiger partial charge in [0.1, 0.15) is 0 Å². The Labute approximate surface area is 110 Å². The molecule has 18 heavy (non-hydrogen) atoms. The van der Waals surface area contributed by atoms with Crippen LogP contribution in [0.1, 0.15) is 40.0 Å². The fourth-order valence-corrected chi connectivity index (χ4v) is 1.57. The van der Waals surface area contributed by atoms with Crippen molar-refractivity contribution in [3.63, 3.8) is 0 Å². The Morgan fingerprint density at radius 2 is 2.00 bits per heavy atom. The van der Waals surface area contributed by atoms with E-state index >= 15 is 0 Å². The second kappa shape index (κ2) is 7.19. The van der Waals surface area contributed by atoms with Gasteiger partial charge in [0.05, 0.1) is 5.41 Å². The maximum atomic E-state index is 12.0. The standard InChI is InChI=1S/C14H25NO3/c1-6-7-8-9-15(5)12(16)10-14(4,11(2)3)13(17)18/h6,11H,1,7-10H2,2-5H3,(H,17,18). The largest absolute Gasteiger partial charge is 0.481 e. The Hall–Kier alpha value is -1.32. The van der Waals surface area contributed by atoms with Crippen molar-refractivity contribution in [1.29, 1.82) is 0 Å². The molecular weight excluding hydrogens is 230 g/mol. The third-order valence-electron chi connectivity index (χ3n) is 3.61. The van der Waals surface area contributed by atoms with Crippen LogP contribution in [-0.2, 0) is 9.59 Å². The maximum Gasteiger partial charge on any atom is 0.310 e. The average Bonchev–Trinajstić information content (AvgIpc) is 2.28. The van der Waals surface area contributed by atoms with Crippen LogP contribution >= 0.6 is 0 Å². The third-order valence-corrected chi connectivity index (χ3v) is 3.61. The van der Waals surface area contributed by atoms with Gasteiger partial charge < -0.3 is 10.0 Å². The van der Waals surface area contributed by atoms with Crippen LogP contribution in [0.2, 0.25) is 0 Å². The molecule has 104 valence electrons. The molecule has 0 aliphatic heterocycles. The van der Waals surface area contributed by atoms with Gasteiger partial charge >= 0.3 is 5.97 Å². The molecule has 0 saturated carbocycles. The number of nitrogens with zero attached hydrogens (tertiary/aromatic N) is 1. The Balaban J connectivity index is 4.52. The molecule has 0 aromatic carbocycles. The number of hydrogen-bond acceptors (Lipinski definition) is 2. The third kappa shape index (κ3) is 4.51. The minimum absolute atomic E-state index is 0.0462. The Kier molecular flexibility index (Phi) is 6.66. The molecule has 0 bridgehead atoms. The summed E-state index contributed by atoms with van der Waals surface area (Å²) in [6, 6.07) is 0. The molecule has 0 aromatic rings. The molecular formula is C14H25NO3. The summed E-state index contributed by atoms with van der Waals surface area (Å²) in [4.78, 5) is 24.9. The van der Waals surface area contributed by atoms with E-state index in [2.05, 4.69) is 6.58 Å². The van der Waals surface area contributed by atoms with Crippen molar-refractivity contribution in [2.75, 3.05) is 13.6 Å². The molecule has 0 fully saturated rings. The lowest BCUT2D eigenvalue weighted by Crippen LogP contribution is -2.40. The number of amides is 1. The Morgan fingerprint density at radius 3 is 2.39 bits per heavy atom. The van der Waals surface area contributed by atoms with Crippen LogP contribution in [0.3, 0.4) is 0 Å². The predicted octanol–water partition coefficient (Wildman–Crippen LogP) is 2.55. The molecule has 1 amide bonds. The minimum Gasteiger partial charge on any atom is -0.481 e. The first-order valence-corrected chi connectivity index (χ1v) is 6.34. The molecule has 0 radical (unpaired) electrons. The summed E-state index contributed by atoms with van der Waals surface area (Å²) in [6.45, 7) is 9.56. The lowest BCUT2D eigenvalue weighted by atomic mass is 9.76. The van der Waals surface area contributed by atoms with Crippen LogP contribution in [0.15, 0.2) is 12.7 Å². The van der Waals surface area contributed by atoms with Gasteiger partial charge in [-0.3, -0.25) is 9.59 Å².